The molecule has 0 aromatic heterocycles. The van der Waals surface area contributed by atoms with E-state index in [0.717, 1.165) is 5.56 Å². The Kier molecular flexibility index (Phi) is 3.58. The van der Waals surface area contributed by atoms with Gasteiger partial charge in [-0.2, -0.15) is 5.10 Å². The summed E-state index contributed by atoms with van der Waals surface area (Å²) in [6.07, 6.45) is 1.91. The smallest absolute Gasteiger partial charge is 0.200 e. The molecule has 0 saturated heterocycles. The van der Waals surface area contributed by atoms with Crippen LogP contribution < -0.4 is 10.9 Å². The molecule has 0 radical (unpaired) electrons. The van der Waals surface area contributed by atoms with E-state index in [-0.39, 0.29) is 0 Å². The first-order valence-corrected chi connectivity index (χ1v) is 6.35. The van der Waals surface area contributed by atoms with Gasteiger partial charge in [-0.05, 0) is 24.5 Å². The minimum Gasteiger partial charge on any atom is -0.257 e. The normalized spacial score (nSPS) is 14.7. The highest BCUT2D eigenvalue weighted by Gasteiger charge is 2.10. The summed E-state index contributed by atoms with van der Waals surface area (Å²) in [6, 6.07) is 5.27. The number of hydrazone groups is 2. The molecule has 1 aliphatic rings. The molecule has 7 heteroatoms. The average molecular weight is 275 g/mol. The Morgan fingerprint density at radius 1 is 1.12 bits per heavy atom. The van der Waals surface area contributed by atoms with E-state index in [9.17, 15) is 0 Å². The predicted octanol–water partition coefficient (Wildman–Crippen LogP) is 2.48. The summed E-state index contributed by atoms with van der Waals surface area (Å²) >= 11 is 13.2. The highest BCUT2D eigenvalue weighted by Crippen LogP contribution is 2.22. The summed E-state index contributed by atoms with van der Waals surface area (Å²) in [5.74, 6) is 0.608. The molecule has 0 bridgehead atoms. The van der Waals surface area contributed by atoms with E-state index in [1.807, 2.05) is 12.3 Å². The van der Waals surface area contributed by atoms with Gasteiger partial charge in [0, 0.05) is 5.56 Å². The number of amidine groups is 2. The number of nitrogens with one attached hydrogen (secondary N) is 2. The number of hydrogen-bond acceptors (Lipinski definition) is 5. The van der Waals surface area contributed by atoms with Gasteiger partial charge in [-0.25, -0.2) is 0 Å². The van der Waals surface area contributed by atoms with Gasteiger partial charge < -0.3 is 0 Å². The van der Waals surface area contributed by atoms with Gasteiger partial charge in [0.2, 0.25) is 5.17 Å². The van der Waals surface area contributed by atoms with Crippen LogP contribution in [0.25, 0.3) is 0 Å². The van der Waals surface area contributed by atoms with Crippen LogP contribution in [-0.2, 0) is 0 Å². The van der Waals surface area contributed by atoms with E-state index in [1.54, 1.807) is 12.1 Å². The second kappa shape index (κ2) is 4.95. The first kappa shape index (κ1) is 11.6. The molecule has 0 spiro atoms. The molecule has 0 saturated carbocycles. The second-order valence-corrected chi connectivity index (χ2v) is 4.54. The second-order valence-electron chi connectivity index (χ2n) is 2.93. The quantitative estimate of drug-likeness (QED) is 0.827. The standard InChI is InChI=1S/C9H8Cl2N4S/c1-16-9-14-12-8(13-15-9)5-2-3-6(10)7(11)4-5/h2-4H,1H3,(H,12,13)(H,14,15). The molecule has 0 atom stereocenters. The summed E-state index contributed by atoms with van der Waals surface area (Å²) in [5, 5.41) is 9.91. The lowest BCUT2D eigenvalue weighted by Gasteiger charge is -2.13. The molecule has 2 N–H and O–H groups in total. The third kappa shape index (κ3) is 2.42. The Hall–Kier alpha value is -0.910. The molecule has 0 fully saturated rings. The molecule has 1 aromatic carbocycles. The largest absolute Gasteiger partial charge is 0.257 e. The van der Waals surface area contributed by atoms with E-state index in [4.69, 9.17) is 23.2 Å². The van der Waals surface area contributed by atoms with Crippen LogP contribution in [0.3, 0.4) is 0 Å². The van der Waals surface area contributed by atoms with Gasteiger partial charge in [-0.1, -0.05) is 35.0 Å². The number of hydrogen-bond donors (Lipinski definition) is 2. The zero-order chi connectivity index (χ0) is 11.5. The number of thioether (sulfide) groups is 1. The molecule has 0 amide bonds. The number of rotatable bonds is 1. The van der Waals surface area contributed by atoms with Crippen molar-refractivity contribution in [1.29, 1.82) is 0 Å². The number of halogens is 2. The molecule has 2 rings (SSSR count). The topological polar surface area (TPSA) is 48.8 Å². The third-order valence-electron chi connectivity index (χ3n) is 1.91. The van der Waals surface area contributed by atoms with Crippen LogP contribution in [-0.4, -0.2) is 17.3 Å². The van der Waals surface area contributed by atoms with Crippen LogP contribution in [0.1, 0.15) is 5.56 Å². The average Bonchev–Trinajstić information content (AvgIpc) is 2.33. The Bertz CT molecular complexity index is 473. The maximum absolute atomic E-state index is 5.91. The lowest BCUT2D eigenvalue weighted by atomic mass is 10.2. The lowest BCUT2D eigenvalue weighted by molar-refractivity contribution is 0.899. The molecular weight excluding hydrogens is 267 g/mol. The summed E-state index contributed by atoms with van der Waals surface area (Å²) in [6.45, 7) is 0. The van der Waals surface area contributed by atoms with E-state index in [2.05, 4.69) is 21.1 Å². The zero-order valence-electron chi connectivity index (χ0n) is 8.29. The van der Waals surface area contributed by atoms with Gasteiger partial charge in [0.25, 0.3) is 0 Å². The third-order valence-corrected chi connectivity index (χ3v) is 3.22. The van der Waals surface area contributed by atoms with Crippen LogP contribution in [0.5, 0.6) is 0 Å². The summed E-state index contributed by atoms with van der Waals surface area (Å²) in [4.78, 5) is 0. The van der Waals surface area contributed by atoms with Crippen molar-refractivity contribution in [3.8, 4) is 0 Å². The van der Waals surface area contributed by atoms with Gasteiger partial charge >= 0.3 is 0 Å². The molecule has 4 nitrogen and oxygen atoms in total. The summed E-state index contributed by atoms with van der Waals surface area (Å²) in [7, 11) is 0. The van der Waals surface area contributed by atoms with Gasteiger partial charge in [0.15, 0.2) is 5.84 Å². The highest BCUT2D eigenvalue weighted by molar-refractivity contribution is 8.13. The molecular formula is C9H8Cl2N4S. The zero-order valence-corrected chi connectivity index (χ0v) is 10.6. The molecule has 1 aliphatic heterocycles. The molecule has 84 valence electrons. The van der Waals surface area contributed by atoms with Crippen molar-refractivity contribution < 1.29 is 0 Å². The van der Waals surface area contributed by atoms with Crippen LogP contribution in [0.2, 0.25) is 10.0 Å². The molecule has 0 unspecified atom stereocenters. The fourth-order valence-electron chi connectivity index (χ4n) is 1.12. The summed E-state index contributed by atoms with van der Waals surface area (Å²) < 4.78 is 0. The highest BCUT2D eigenvalue weighted by atomic mass is 35.5. The van der Waals surface area contributed by atoms with E-state index >= 15 is 0 Å². The van der Waals surface area contributed by atoms with E-state index in [0.29, 0.717) is 21.0 Å². The first-order valence-electron chi connectivity index (χ1n) is 4.37. The van der Waals surface area contributed by atoms with Crippen LogP contribution in [0.15, 0.2) is 28.4 Å². The van der Waals surface area contributed by atoms with Gasteiger partial charge in [-0.15, -0.1) is 5.10 Å². The molecule has 1 aromatic rings. The van der Waals surface area contributed by atoms with Crippen molar-refractivity contribution in [2.45, 2.75) is 0 Å². The van der Waals surface area contributed by atoms with Crippen molar-refractivity contribution in [3.63, 3.8) is 0 Å². The monoisotopic (exact) mass is 274 g/mol. The summed E-state index contributed by atoms with van der Waals surface area (Å²) in [5.41, 5.74) is 6.47. The number of nitrogens with zero attached hydrogens (tertiary/aromatic N) is 2. The number of benzene rings is 1. The van der Waals surface area contributed by atoms with E-state index < -0.39 is 0 Å². The van der Waals surface area contributed by atoms with Crippen molar-refractivity contribution >= 4 is 46.0 Å². The maximum atomic E-state index is 5.91. The van der Waals surface area contributed by atoms with Crippen LogP contribution >= 0.6 is 35.0 Å². The minimum absolute atomic E-state index is 0.489. The van der Waals surface area contributed by atoms with Crippen LogP contribution in [0, 0.1) is 0 Å². The first-order chi connectivity index (χ1) is 7.70. The molecule has 0 aliphatic carbocycles. The van der Waals surface area contributed by atoms with Crippen molar-refractivity contribution in [3.05, 3.63) is 33.8 Å². The van der Waals surface area contributed by atoms with E-state index in [1.165, 1.54) is 11.8 Å². The Labute approximate surface area is 107 Å². The Morgan fingerprint density at radius 2 is 1.94 bits per heavy atom. The molecule has 1 heterocycles. The van der Waals surface area contributed by atoms with Gasteiger partial charge in [-0.3, -0.25) is 10.9 Å². The fraction of sp³-hybridized carbons (Fsp3) is 0.111. The van der Waals surface area contributed by atoms with Crippen molar-refractivity contribution in [2.75, 3.05) is 6.26 Å². The van der Waals surface area contributed by atoms with Gasteiger partial charge in [0.1, 0.15) is 0 Å². The van der Waals surface area contributed by atoms with Crippen LogP contribution in [0.4, 0.5) is 0 Å². The Balaban J connectivity index is 2.21. The Morgan fingerprint density at radius 3 is 2.50 bits per heavy atom. The minimum atomic E-state index is 0.489. The SMILES string of the molecule is CSC1=NNC(c2ccc(Cl)c(Cl)c2)=NN1. The predicted molar refractivity (Wildman–Crippen MR) is 70.2 cm³/mol. The van der Waals surface area contributed by atoms with Crippen molar-refractivity contribution in [1.82, 2.24) is 10.9 Å². The van der Waals surface area contributed by atoms with Gasteiger partial charge in [0.05, 0.1) is 10.0 Å². The molecule has 16 heavy (non-hydrogen) atoms. The fourth-order valence-corrected chi connectivity index (χ4v) is 1.69. The van der Waals surface area contributed by atoms with Crippen molar-refractivity contribution in [2.24, 2.45) is 10.2 Å². The lowest BCUT2D eigenvalue weighted by Crippen LogP contribution is -2.32. The maximum Gasteiger partial charge on any atom is 0.200 e.